The molecular weight excluding hydrogens is 202 g/mol. The summed E-state index contributed by atoms with van der Waals surface area (Å²) in [5, 5.41) is 0. The van der Waals surface area contributed by atoms with Crippen molar-refractivity contribution < 1.29 is 0 Å². The van der Waals surface area contributed by atoms with Gasteiger partial charge in [-0.1, -0.05) is 0 Å². The molecule has 1 atom stereocenters. The lowest BCUT2D eigenvalue weighted by Gasteiger charge is -2.12. The first-order valence-corrected chi connectivity index (χ1v) is 5.58. The van der Waals surface area contributed by atoms with E-state index in [9.17, 15) is 0 Å². The van der Waals surface area contributed by atoms with Crippen LogP contribution >= 0.6 is 0 Å². The average molecular weight is 217 g/mol. The molecule has 2 aromatic heterocycles. The van der Waals surface area contributed by atoms with Gasteiger partial charge < -0.3 is 5.73 Å². The number of rotatable bonds is 2. The quantitative estimate of drug-likeness (QED) is 0.784. The third-order valence-corrected chi connectivity index (χ3v) is 2.98. The van der Waals surface area contributed by atoms with Gasteiger partial charge in [-0.2, -0.15) is 0 Å². The summed E-state index contributed by atoms with van der Waals surface area (Å²) in [7, 11) is 0. The number of fused-ring (bicyclic) bond motifs is 1. The van der Waals surface area contributed by atoms with Crippen LogP contribution in [-0.2, 0) is 6.54 Å². The Bertz CT molecular complexity index is 459. The Morgan fingerprint density at radius 3 is 3.19 bits per heavy atom. The zero-order chi connectivity index (χ0) is 11.0. The van der Waals surface area contributed by atoms with Crippen molar-refractivity contribution in [3.63, 3.8) is 0 Å². The van der Waals surface area contributed by atoms with Gasteiger partial charge in [0.2, 0.25) is 5.78 Å². The van der Waals surface area contributed by atoms with Gasteiger partial charge in [-0.3, -0.25) is 9.30 Å². The van der Waals surface area contributed by atoms with Crippen molar-refractivity contribution in [2.75, 3.05) is 13.1 Å². The number of aromatic nitrogens is 3. The summed E-state index contributed by atoms with van der Waals surface area (Å²) in [5.41, 5.74) is 6.94. The Kier molecular flexibility index (Phi) is 2.34. The Labute approximate surface area is 93.9 Å². The Morgan fingerprint density at radius 1 is 1.50 bits per heavy atom. The predicted octanol–water partition coefficient (Wildman–Crippen LogP) is 0.262. The number of nitrogens with zero attached hydrogens (tertiary/aromatic N) is 4. The molecule has 16 heavy (non-hydrogen) atoms. The maximum absolute atomic E-state index is 5.87. The molecule has 2 aromatic rings. The minimum absolute atomic E-state index is 0.329. The van der Waals surface area contributed by atoms with E-state index in [2.05, 4.69) is 14.9 Å². The van der Waals surface area contributed by atoms with E-state index in [0.717, 1.165) is 37.5 Å². The normalized spacial score (nSPS) is 21.9. The van der Waals surface area contributed by atoms with E-state index in [0.29, 0.717) is 6.04 Å². The first kappa shape index (κ1) is 9.74. The van der Waals surface area contributed by atoms with E-state index >= 15 is 0 Å². The Balaban J connectivity index is 1.79. The highest BCUT2D eigenvalue weighted by Crippen LogP contribution is 2.11. The molecule has 0 aromatic carbocycles. The van der Waals surface area contributed by atoms with Gasteiger partial charge in [-0.15, -0.1) is 0 Å². The first-order valence-electron chi connectivity index (χ1n) is 5.58. The molecular formula is C11H15N5. The second-order valence-electron chi connectivity index (χ2n) is 4.34. The molecule has 0 spiro atoms. The molecule has 1 aliphatic heterocycles. The van der Waals surface area contributed by atoms with Crippen LogP contribution in [0.15, 0.2) is 24.7 Å². The molecule has 0 saturated carbocycles. The van der Waals surface area contributed by atoms with Gasteiger partial charge in [0, 0.05) is 44.3 Å². The van der Waals surface area contributed by atoms with Gasteiger partial charge in [-0.05, 0) is 12.5 Å². The number of nitrogens with two attached hydrogens (primary N) is 1. The van der Waals surface area contributed by atoms with Gasteiger partial charge in [0.15, 0.2) is 0 Å². The minimum Gasteiger partial charge on any atom is -0.326 e. The van der Waals surface area contributed by atoms with Crippen LogP contribution in [-0.4, -0.2) is 38.4 Å². The van der Waals surface area contributed by atoms with E-state index in [1.807, 2.05) is 22.9 Å². The van der Waals surface area contributed by atoms with Crippen LogP contribution in [0, 0.1) is 0 Å². The molecule has 0 amide bonds. The number of hydrogen-bond donors (Lipinski definition) is 1. The highest BCUT2D eigenvalue weighted by molar-refractivity contribution is 5.29. The maximum Gasteiger partial charge on any atom is 0.233 e. The summed E-state index contributed by atoms with van der Waals surface area (Å²) in [6, 6.07) is 2.24. The molecule has 1 aliphatic rings. The fourth-order valence-electron chi connectivity index (χ4n) is 2.19. The number of likely N-dealkylation sites (tertiary alicyclic amines) is 1. The lowest BCUT2D eigenvalue weighted by Crippen LogP contribution is -2.26. The van der Waals surface area contributed by atoms with Crippen molar-refractivity contribution in [1.29, 1.82) is 0 Å². The smallest absolute Gasteiger partial charge is 0.233 e. The monoisotopic (exact) mass is 217 g/mol. The van der Waals surface area contributed by atoms with Gasteiger partial charge >= 0.3 is 0 Å². The van der Waals surface area contributed by atoms with E-state index in [-0.39, 0.29) is 0 Å². The largest absolute Gasteiger partial charge is 0.326 e. The summed E-state index contributed by atoms with van der Waals surface area (Å²) in [6.07, 6.45) is 6.85. The standard InChI is InChI=1S/C11H15N5/c12-9-2-5-15(6-9)7-10-8-16-4-1-3-13-11(16)14-10/h1,3-4,8-9H,2,5-7,12H2/t9-/m1/s1. The third kappa shape index (κ3) is 1.79. The molecule has 0 radical (unpaired) electrons. The molecule has 0 unspecified atom stereocenters. The van der Waals surface area contributed by atoms with Crippen molar-refractivity contribution >= 4 is 5.78 Å². The minimum atomic E-state index is 0.329. The fourth-order valence-corrected chi connectivity index (χ4v) is 2.19. The molecule has 1 fully saturated rings. The van der Waals surface area contributed by atoms with Crippen LogP contribution in [0.25, 0.3) is 5.78 Å². The van der Waals surface area contributed by atoms with Crippen molar-refractivity contribution in [2.24, 2.45) is 5.73 Å². The van der Waals surface area contributed by atoms with Gasteiger partial charge in [0.25, 0.3) is 0 Å². The van der Waals surface area contributed by atoms with E-state index in [4.69, 9.17) is 5.73 Å². The Morgan fingerprint density at radius 2 is 2.44 bits per heavy atom. The highest BCUT2D eigenvalue weighted by atomic mass is 15.2. The predicted molar refractivity (Wildman–Crippen MR) is 60.9 cm³/mol. The molecule has 0 aliphatic carbocycles. The van der Waals surface area contributed by atoms with Gasteiger partial charge in [0.05, 0.1) is 5.69 Å². The van der Waals surface area contributed by atoms with Gasteiger partial charge in [0.1, 0.15) is 0 Å². The van der Waals surface area contributed by atoms with Crippen LogP contribution in [0.3, 0.4) is 0 Å². The summed E-state index contributed by atoms with van der Waals surface area (Å²) in [4.78, 5) is 11.0. The second-order valence-corrected chi connectivity index (χ2v) is 4.34. The highest BCUT2D eigenvalue weighted by Gasteiger charge is 2.19. The zero-order valence-corrected chi connectivity index (χ0v) is 9.08. The van der Waals surface area contributed by atoms with E-state index < -0.39 is 0 Å². The summed E-state index contributed by atoms with van der Waals surface area (Å²) in [5.74, 6) is 0.765. The molecule has 84 valence electrons. The molecule has 1 saturated heterocycles. The first-order chi connectivity index (χ1) is 7.81. The van der Waals surface area contributed by atoms with Crippen LogP contribution in [0.4, 0.5) is 0 Å². The lowest BCUT2D eigenvalue weighted by molar-refractivity contribution is 0.323. The number of imidazole rings is 1. The van der Waals surface area contributed by atoms with Gasteiger partial charge in [-0.25, -0.2) is 9.97 Å². The van der Waals surface area contributed by atoms with Crippen molar-refractivity contribution in [2.45, 2.75) is 19.0 Å². The van der Waals surface area contributed by atoms with Crippen molar-refractivity contribution in [3.05, 3.63) is 30.4 Å². The van der Waals surface area contributed by atoms with E-state index in [1.54, 1.807) is 6.20 Å². The molecule has 2 N–H and O–H groups in total. The fraction of sp³-hybridized carbons (Fsp3) is 0.455. The SMILES string of the molecule is N[C@@H]1CCN(Cc2cn3cccnc3n2)C1. The molecule has 3 heterocycles. The summed E-state index contributed by atoms with van der Waals surface area (Å²) in [6.45, 7) is 2.92. The average Bonchev–Trinajstić information content (AvgIpc) is 2.84. The van der Waals surface area contributed by atoms with Crippen molar-refractivity contribution in [1.82, 2.24) is 19.3 Å². The van der Waals surface area contributed by atoms with Crippen LogP contribution in [0.5, 0.6) is 0 Å². The summed E-state index contributed by atoms with van der Waals surface area (Å²) < 4.78 is 1.95. The molecule has 0 bridgehead atoms. The maximum atomic E-state index is 5.87. The second kappa shape index (κ2) is 3.84. The zero-order valence-electron chi connectivity index (χ0n) is 9.08. The number of hydrogen-bond acceptors (Lipinski definition) is 4. The van der Waals surface area contributed by atoms with Crippen LogP contribution < -0.4 is 5.73 Å². The Hall–Kier alpha value is -1.46. The van der Waals surface area contributed by atoms with Crippen molar-refractivity contribution in [3.8, 4) is 0 Å². The topological polar surface area (TPSA) is 59.5 Å². The van der Waals surface area contributed by atoms with Crippen LogP contribution in [0.2, 0.25) is 0 Å². The lowest BCUT2D eigenvalue weighted by atomic mass is 10.3. The molecule has 5 nitrogen and oxygen atoms in total. The van der Waals surface area contributed by atoms with Crippen LogP contribution in [0.1, 0.15) is 12.1 Å². The molecule has 3 rings (SSSR count). The summed E-state index contributed by atoms with van der Waals surface area (Å²) >= 11 is 0. The molecule has 5 heteroatoms. The third-order valence-electron chi connectivity index (χ3n) is 2.98. The van der Waals surface area contributed by atoms with E-state index in [1.165, 1.54) is 0 Å².